The van der Waals surface area contributed by atoms with Crippen molar-refractivity contribution in [1.29, 1.82) is 0 Å². The summed E-state index contributed by atoms with van der Waals surface area (Å²) in [5, 5.41) is 19.0. The maximum absolute atomic E-state index is 9.10. The molecular formula is C19H26N2O7. The normalized spacial score (nSPS) is 19.2. The molecule has 28 heavy (non-hydrogen) atoms. The van der Waals surface area contributed by atoms with E-state index in [4.69, 9.17) is 34.1 Å². The van der Waals surface area contributed by atoms with E-state index in [2.05, 4.69) is 10.1 Å². The third kappa shape index (κ3) is 7.07. The average Bonchev–Trinajstić information content (AvgIpc) is 2.72. The van der Waals surface area contributed by atoms with Crippen molar-refractivity contribution in [3.63, 3.8) is 0 Å². The summed E-state index contributed by atoms with van der Waals surface area (Å²) in [5.74, 6) is -2.09. The molecule has 1 fully saturated rings. The van der Waals surface area contributed by atoms with E-state index in [1.807, 2.05) is 31.2 Å². The molecule has 0 aliphatic carbocycles. The molecule has 0 radical (unpaired) electrons. The Morgan fingerprint density at radius 2 is 1.79 bits per heavy atom. The summed E-state index contributed by atoms with van der Waals surface area (Å²) >= 11 is 0. The molecule has 2 aliphatic heterocycles. The van der Waals surface area contributed by atoms with Crippen LogP contribution in [0.25, 0.3) is 0 Å². The number of likely N-dealkylation sites (tertiary alicyclic amines) is 1. The van der Waals surface area contributed by atoms with E-state index in [9.17, 15) is 0 Å². The van der Waals surface area contributed by atoms with E-state index >= 15 is 0 Å². The van der Waals surface area contributed by atoms with Crippen LogP contribution < -0.4 is 9.47 Å². The lowest BCUT2D eigenvalue weighted by molar-refractivity contribution is -0.159. The van der Waals surface area contributed by atoms with Crippen LogP contribution in [0.4, 0.5) is 0 Å². The number of nitrogens with zero attached hydrogens (tertiary/aromatic N) is 2. The molecule has 1 aromatic rings. The Hall–Kier alpha value is -2.81. The summed E-state index contributed by atoms with van der Waals surface area (Å²) in [5.41, 5.74) is 0.813. The molecule has 154 valence electrons. The van der Waals surface area contributed by atoms with E-state index in [-0.39, 0.29) is 6.10 Å². The number of piperidine rings is 1. The van der Waals surface area contributed by atoms with E-state index in [1.54, 1.807) is 0 Å². The number of carbonyl (C=O) groups is 2. The Kier molecular flexibility index (Phi) is 8.54. The van der Waals surface area contributed by atoms with Gasteiger partial charge >= 0.3 is 11.9 Å². The average molecular weight is 394 g/mol. The Bertz CT molecular complexity index is 675. The molecular weight excluding hydrogens is 368 g/mol. The molecule has 3 rings (SSSR count). The maximum atomic E-state index is 9.10. The Labute approximate surface area is 163 Å². The first-order chi connectivity index (χ1) is 13.5. The fourth-order valence-corrected chi connectivity index (χ4v) is 2.78. The molecule has 2 heterocycles. The SMILES string of the molecule is C/C(=N/OCCN1CCCCC1)C1COc2ccccc2O1.O=C(O)C(=O)O. The van der Waals surface area contributed by atoms with Crippen molar-refractivity contribution in [2.24, 2.45) is 5.16 Å². The fourth-order valence-electron chi connectivity index (χ4n) is 2.78. The number of benzene rings is 1. The van der Waals surface area contributed by atoms with Crippen LogP contribution in [0.15, 0.2) is 29.4 Å². The fraction of sp³-hybridized carbons (Fsp3) is 0.526. The summed E-state index contributed by atoms with van der Waals surface area (Å²) in [6, 6.07) is 7.69. The highest BCUT2D eigenvalue weighted by atomic mass is 16.6. The highest BCUT2D eigenvalue weighted by molar-refractivity contribution is 6.27. The molecule has 2 aliphatic rings. The van der Waals surface area contributed by atoms with Crippen molar-refractivity contribution in [3.8, 4) is 11.5 Å². The molecule has 0 aromatic heterocycles. The third-order valence-corrected chi connectivity index (χ3v) is 4.31. The van der Waals surface area contributed by atoms with Gasteiger partial charge in [0.15, 0.2) is 17.6 Å². The van der Waals surface area contributed by atoms with Gasteiger partial charge in [-0.25, -0.2) is 9.59 Å². The van der Waals surface area contributed by atoms with Gasteiger partial charge in [-0.05, 0) is 45.0 Å². The predicted molar refractivity (Wildman–Crippen MR) is 101 cm³/mol. The second-order valence-corrected chi connectivity index (χ2v) is 6.44. The van der Waals surface area contributed by atoms with Gasteiger partial charge in [-0.2, -0.15) is 0 Å². The number of oxime groups is 1. The quantitative estimate of drug-likeness (QED) is 0.336. The molecule has 9 heteroatoms. The minimum Gasteiger partial charge on any atom is -0.485 e. The van der Waals surface area contributed by atoms with Crippen LogP contribution in [0.5, 0.6) is 11.5 Å². The van der Waals surface area contributed by atoms with Crippen LogP contribution in [0.2, 0.25) is 0 Å². The number of hydrogen-bond acceptors (Lipinski definition) is 7. The maximum Gasteiger partial charge on any atom is 0.414 e. The predicted octanol–water partition coefficient (Wildman–Crippen LogP) is 1.86. The number of para-hydroxylation sites is 2. The van der Waals surface area contributed by atoms with Gasteiger partial charge in [0.25, 0.3) is 0 Å². The Morgan fingerprint density at radius 1 is 1.14 bits per heavy atom. The van der Waals surface area contributed by atoms with Crippen LogP contribution in [0.1, 0.15) is 26.2 Å². The van der Waals surface area contributed by atoms with Crippen LogP contribution in [-0.2, 0) is 14.4 Å². The van der Waals surface area contributed by atoms with Crippen molar-refractivity contribution >= 4 is 17.7 Å². The van der Waals surface area contributed by atoms with Crippen molar-refractivity contribution in [2.45, 2.75) is 32.3 Å². The van der Waals surface area contributed by atoms with Crippen molar-refractivity contribution in [2.75, 3.05) is 32.8 Å². The van der Waals surface area contributed by atoms with Gasteiger partial charge in [-0.1, -0.05) is 23.7 Å². The number of fused-ring (bicyclic) bond motifs is 1. The lowest BCUT2D eigenvalue weighted by atomic mass is 10.1. The van der Waals surface area contributed by atoms with Crippen LogP contribution in [0, 0.1) is 0 Å². The zero-order chi connectivity index (χ0) is 20.4. The summed E-state index contributed by atoms with van der Waals surface area (Å²) in [7, 11) is 0. The van der Waals surface area contributed by atoms with E-state index in [0.717, 1.165) is 23.8 Å². The highest BCUT2D eigenvalue weighted by Crippen LogP contribution is 2.31. The van der Waals surface area contributed by atoms with Crippen molar-refractivity contribution in [3.05, 3.63) is 24.3 Å². The number of rotatable bonds is 5. The number of hydrogen-bond donors (Lipinski definition) is 2. The van der Waals surface area contributed by atoms with E-state index < -0.39 is 11.9 Å². The Balaban J connectivity index is 0.000000409. The highest BCUT2D eigenvalue weighted by Gasteiger charge is 2.23. The van der Waals surface area contributed by atoms with Gasteiger partial charge in [0, 0.05) is 6.54 Å². The minimum atomic E-state index is -1.82. The number of carboxylic acid groups (broad SMARTS) is 2. The third-order valence-electron chi connectivity index (χ3n) is 4.31. The largest absolute Gasteiger partial charge is 0.485 e. The first-order valence-electron chi connectivity index (χ1n) is 9.21. The van der Waals surface area contributed by atoms with Crippen molar-refractivity contribution in [1.82, 2.24) is 4.90 Å². The monoisotopic (exact) mass is 394 g/mol. The lowest BCUT2D eigenvalue weighted by Crippen LogP contribution is -2.35. The second-order valence-electron chi connectivity index (χ2n) is 6.44. The first kappa shape index (κ1) is 21.5. The summed E-state index contributed by atoms with van der Waals surface area (Å²) in [6.45, 7) is 6.33. The molecule has 1 saturated heterocycles. The Morgan fingerprint density at radius 3 is 2.43 bits per heavy atom. The van der Waals surface area contributed by atoms with Crippen LogP contribution in [0.3, 0.4) is 0 Å². The molecule has 0 saturated carbocycles. The number of ether oxygens (including phenoxy) is 2. The zero-order valence-corrected chi connectivity index (χ0v) is 15.9. The summed E-state index contributed by atoms with van der Waals surface area (Å²) in [4.78, 5) is 26.1. The molecule has 9 nitrogen and oxygen atoms in total. The number of carboxylic acids is 2. The topological polar surface area (TPSA) is 118 Å². The van der Waals surface area contributed by atoms with Gasteiger partial charge in [-0.15, -0.1) is 0 Å². The van der Waals surface area contributed by atoms with Crippen LogP contribution >= 0.6 is 0 Å². The van der Waals surface area contributed by atoms with E-state index in [0.29, 0.717) is 13.2 Å². The first-order valence-corrected chi connectivity index (χ1v) is 9.21. The van der Waals surface area contributed by atoms with Gasteiger partial charge in [0.2, 0.25) is 0 Å². The molecule has 1 aromatic carbocycles. The van der Waals surface area contributed by atoms with Gasteiger partial charge in [-0.3, -0.25) is 4.90 Å². The van der Waals surface area contributed by atoms with Gasteiger partial charge in [0.1, 0.15) is 13.2 Å². The lowest BCUT2D eigenvalue weighted by Gasteiger charge is -2.26. The molecule has 2 N–H and O–H groups in total. The summed E-state index contributed by atoms with van der Waals surface area (Å²) in [6.07, 6.45) is 3.78. The minimum absolute atomic E-state index is 0.176. The smallest absolute Gasteiger partial charge is 0.414 e. The zero-order valence-electron chi connectivity index (χ0n) is 15.9. The molecule has 0 amide bonds. The summed E-state index contributed by atoms with van der Waals surface area (Å²) < 4.78 is 11.6. The van der Waals surface area contributed by atoms with Gasteiger partial charge in [0.05, 0.1) is 5.71 Å². The molecule has 1 unspecified atom stereocenters. The number of aliphatic carboxylic acids is 2. The standard InChI is InChI=1S/C17H24N2O3.C2H2O4/c1-14(18-21-12-11-19-9-5-2-6-10-19)17-13-20-15-7-3-4-8-16(15)22-17;3-1(4)2(5)6/h3-4,7-8,17H,2,5-6,9-13H2,1H3;(H,3,4)(H,5,6)/b18-14-;. The second kappa shape index (κ2) is 11.1. The van der Waals surface area contributed by atoms with Crippen molar-refractivity contribution < 1.29 is 34.1 Å². The van der Waals surface area contributed by atoms with Gasteiger partial charge < -0.3 is 24.5 Å². The molecule has 1 atom stereocenters. The molecule has 0 spiro atoms. The van der Waals surface area contributed by atoms with E-state index in [1.165, 1.54) is 32.4 Å². The van der Waals surface area contributed by atoms with Crippen LogP contribution in [-0.4, -0.2) is 71.7 Å². The molecule has 0 bridgehead atoms.